The first kappa shape index (κ1) is 17.1. The summed E-state index contributed by atoms with van der Waals surface area (Å²) in [4.78, 5) is 21.8. The predicted molar refractivity (Wildman–Crippen MR) is 98.4 cm³/mol. The van der Waals surface area contributed by atoms with Crippen LogP contribution in [0.15, 0.2) is 12.4 Å². The van der Waals surface area contributed by atoms with Crippen molar-refractivity contribution in [1.82, 2.24) is 19.4 Å². The predicted octanol–water partition coefficient (Wildman–Crippen LogP) is 2.88. The van der Waals surface area contributed by atoms with Crippen LogP contribution in [0.4, 0.5) is 0 Å². The Hall–Kier alpha value is -1.36. The average molecular weight is 345 g/mol. The number of nitrogens with zero attached hydrogens (tertiary/aromatic N) is 4. The second kappa shape index (κ2) is 7.90. The van der Waals surface area contributed by atoms with Gasteiger partial charge in [0.25, 0.3) is 0 Å². The molecule has 2 saturated heterocycles. The molecule has 3 aliphatic rings. The Bertz CT molecular complexity index is 572. The summed E-state index contributed by atoms with van der Waals surface area (Å²) < 4.78 is 2.38. The van der Waals surface area contributed by atoms with Crippen LogP contribution >= 0.6 is 0 Å². The Kier molecular flexibility index (Phi) is 5.39. The monoisotopic (exact) mass is 344 g/mol. The minimum absolute atomic E-state index is 0.337. The van der Waals surface area contributed by atoms with Crippen LogP contribution in [0.25, 0.3) is 0 Å². The molecule has 0 bridgehead atoms. The largest absolute Gasteiger partial charge is 0.342 e. The molecule has 5 heteroatoms. The van der Waals surface area contributed by atoms with E-state index in [0.717, 1.165) is 38.6 Å². The lowest BCUT2D eigenvalue weighted by Gasteiger charge is -2.33. The second-order valence-corrected chi connectivity index (χ2v) is 8.25. The summed E-state index contributed by atoms with van der Waals surface area (Å²) in [5.74, 6) is 2.94. The number of imidazole rings is 1. The molecule has 2 aliphatic heterocycles. The number of piperidine rings is 1. The van der Waals surface area contributed by atoms with Gasteiger partial charge in [-0.15, -0.1) is 0 Å². The van der Waals surface area contributed by atoms with Crippen molar-refractivity contribution >= 4 is 5.91 Å². The van der Waals surface area contributed by atoms with E-state index >= 15 is 0 Å². The molecule has 0 unspecified atom stereocenters. The minimum atomic E-state index is 0.337. The fourth-order valence-corrected chi connectivity index (χ4v) is 4.43. The standard InChI is InChI=1S/C20H32N4O/c25-19(23-11-3-1-2-4-12-23)16-22-10-5-6-18(15-22)20-21-9-13-24(20)14-17-7-8-17/h9,13,17-18H,1-8,10-12,14-16H2/t18-/m1/s1. The van der Waals surface area contributed by atoms with Crippen LogP contribution in [-0.4, -0.2) is 58.0 Å². The van der Waals surface area contributed by atoms with Crippen LogP contribution in [0.3, 0.4) is 0 Å². The Morgan fingerprint density at radius 3 is 2.60 bits per heavy atom. The van der Waals surface area contributed by atoms with Crippen molar-refractivity contribution < 1.29 is 4.79 Å². The molecular weight excluding hydrogens is 312 g/mol. The van der Waals surface area contributed by atoms with Gasteiger partial charge in [0.05, 0.1) is 6.54 Å². The van der Waals surface area contributed by atoms with Gasteiger partial charge in [-0.25, -0.2) is 4.98 Å². The van der Waals surface area contributed by atoms with Crippen LogP contribution in [-0.2, 0) is 11.3 Å². The number of aromatic nitrogens is 2. The number of rotatable bonds is 5. The highest BCUT2D eigenvalue weighted by Crippen LogP contribution is 2.33. The molecule has 0 radical (unpaired) electrons. The summed E-state index contributed by atoms with van der Waals surface area (Å²) in [6.07, 6.45) is 14.1. The molecule has 1 atom stereocenters. The van der Waals surface area contributed by atoms with Crippen molar-refractivity contribution in [2.45, 2.75) is 63.8 Å². The summed E-state index contributed by atoms with van der Waals surface area (Å²) in [6, 6.07) is 0. The van der Waals surface area contributed by atoms with Crippen LogP contribution in [0.1, 0.15) is 63.1 Å². The second-order valence-electron chi connectivity index (χ2n) is 8.25. The van der Waals surface area contributed by atoms with Gasteiger partial charge in [-0.05, 0) is 51.0 Å². The van der Waals surface area contributed by atoms with Crippen molar-refractivity contribution in [2.24, 2.45) is 5.92 Å². The average Bonchev–Trinajstić information content (AvgIpc) is 3.37. The number of likely N-dealkylation sites (tertiary alicyclic amines) is 2. The molecule has 0 spiro atoms. The minimum Gasteiger partial charge on any atom is -0.342 e. The molecule has 1 aromatic rings. The molecule has 1 saturated carbocycles. The number of hydrogen-bond acceptors (Lipinski definition) is 3. The van der Waals surface area contributed by atoms with Gasteiger partial charge < -0.3 is 9.47 Å². The van der Waals surface area contributed by atoms with Crippen molar-refractivity contribution in [3.8, 4) is 0 Å². The molecule has 3 fully saturated rings. The van der Waals surface area contributed by atoms with Gasteiger partial charge in [-0.1, -0.05) is 12.8 Å². The van der Waals surface area contributed by atoms with E-state index in [1.165, 1.54) is 57.2 Å². The fraction of sp³-hybridized carbons (Fsp3) is 0.800. The highest BCUT2D eigenvalue weighted by atomic mass is 16.2. The lowest BCUT2D eigenvalue weighted by Crippen LogP contribution is -2.44. The first-order chi connectivity index (χ1) is 12.3. The van der Waals surface area contributed by atoms with E-state index < -0.39 is 0 Å². The molecule has 1 amide bonds. The fourth-order valence-electron chi connectivity index (χ4n) is 4.43. The molecule has 5 nitrogen and oxygen atoms in total. The Morgan fingerprint density at radius 2 is 1.84 bits per heavy atom. The van der Waals surface area contributed by atoms with Crippen molar-refractivity contribution in [3.05, 3.63) is 18.2 Å². The van der Waals surface area contributed by atoms with Gasteiger partial charge in [0, 0.05) is 44.5 Å². The molecule has 3 heterocycles. The molecule has 0 N–H and O–H groups in total. The number of carbonyl (C=O) groups excluding carboxylic acids is 1. The Labute approximate surface area is 151 Å². The number of carbonyl (C=O) groups is 1. The number of hydrogen-bond donors (Lipinski definition) is 0. The van der Waals surface area contributed by atoms with E-state index in [1.54, 1.807) is 0 Å². The summed E-state index contributed by atoms with van der Waals surface area (Å²) in [6.45, 7) is 5.70. The van der Waals surface area contributed by atoms with Crippen LogP contribution in [0.2, 0.25) is 0 Å². The van der Waals surface area contributed by atoms with Crippen LogP contribution in [0, 0.1) is 5.92 Å². The lowest BCUT2D eigenvalue weighted by molar-refractivity contribution is -0.132. The van der Waals surface area contributed by atoms with Crippen LogP contribution < -0.4 is 0 Å². The van der Waals surface area contributed by atoms with Crippen molar-refractivity contribution in [3.63, 3.8) is 0 Å². The zero-order valence-corrected chi connectivity index (χ0v) is 15.4. The first-order valence-electron chi connectivity index (χ1n) is 10.3. The van der Waals surface area contributed by atoms with Gasteiger partial charge in [-0.3, -0.25) is 9.69 Å². The summed E-state index contributed by atoms with van der Waals surface area (Å²) in [5.41, 5.74) is 0. The van der Waals surface area contributed by atoms with Gasteiger partial charge in [-0.2, -0.15) is 0 Å². The van der Waals surface area contributed by atoms with E-state index in [2.05, 4.69) is 25.5 Å². The van der Waals surface area contributed by atoms with Gasteiger partial charge in [0.1, 0.15) is 5.82 Å². The molecule has 25 heavy (non-hydrogen) atoms. The highest BCUT2D eigenvalue weighted by Gasteiger charge is 2.29. The normalized spacial score (nSPS) is 25.8. The molecule has 4 rings (SSSR count). The van der Waals surface area contributed by atoms with Gasteiger partial charge in [0.15, 0.2) is 0 Å². The van der Waals surface area contributed by atoms with Gasteiger partial charge >= 0.3 is 0 Å². The maximum absolute atomic E-state index is 12.7. The SMILES string of the molecule is O=C(CN1CCC[C@@H](c2nccn2CC2CC2)C1)N1CCCCCC1. The summed E-state index contributed by atoms with van der Waals surface area (Å²) >= 11 is 0. The summed E-state index contributed by atoms with van der Waals surface area (Å²) in [7, 11) is 0. The molecular formula is C20H32N4O. The van der Waals surface area contributed by atoms with E-state index in [0.29, 0.717) is 18.4 Å². The molecule has 1 aromatic heterocycles. The topological polar surface area (TPSA) is 41.4 Å². The summed E-state index contributed by atoms with van der Waals surface area (Å²) in [5, 5.41) is 0. The molecule has 0 aromatic carbocycles. The highest BCUT2D eigenvalue weighted by molar-refractivity contribution is 5.78. The third-order valence-corrected chi connectivity index (χ3v) is 6.09. The third kappa shape index (κ3) is 4.43. The zero-order chi connectivity index (χ0) is 17.1. The smallest absolute Gasteiger partial charge is 0.236 e. The first-order valence-corrected chi connectivity index (χ1v) is 10.3. The number of amides is 1. The van der Waals surface area contributed by atoms with E-state index in [1.807, 2.05) is 6.20 Å². The molecule has 138 valence electrons. The Morgan fingerprint density at radius 1 is 1.04 bits per heavy atom. The van der Waals surface area contributed by atoms with Crippen molar-refractivity contribution in [1.29, 1.82) is 0 Å². The van der Waals surface area contributed by atoms with Crippen molar-refractivity contribution in [2.75, 3.05) is 32.7 Å². The van der Waals surface area contributed by atoms with Crippen LogP contribution in [0.5, 0.6) is 0 Å². The quantitative estimate of drug-likeness (QED) is 0.825. The van der Waals surface area contributed by atoms with Gasteiger partial charge in [0.2, 0.25) is 5.91 Å². The van der Waals surface area contributed by atoms with E-state index in [9.17, 15) is 4.79 Å². The van der Waals surface area contributed by atoms with E-state index in [-0.39, 0.29) is 0 Å². The molecule has 1 aliphatic carbocycles. The zero-order valence-electron chi connectivity index (χ0n) is 15.4. The maximum Gasteiger partial charge on any atom is 0.236 e. The lowest BCUT2D eigenvalue weighted by atomic mass is 9.97. The van der Waals surface area contributed by atoms with E-state index in [4.69, 9.17) is 0 Å². The third-order valence-electron chi connectivity index (χ3n) is 6.09. The Balaban J connectivity index is 1.34. The maximum atomic E-state index is 12.7.